The summed E-state index contributed by atoms with van der Waals surface area (Å²) in [5.74, 6) is 0.593. The summed E-state index contributed by atoms with van der Waals surface area (Å²) < 4.78 is 5.42. The minimum atomic E-state index is -0.468. The molecule has 0 saturated carbocycles. The highest BCUT2D eigenvalue weighted by Gasteiger charge is 2.36. The van der Waals surface area contributed by atoms with Crippen molar-refractivity contribution in [1.29, 1.82) is 0 Å². The Kier molecular flexibility index (Phi) is 5.92. The van der Waals surface area contributed by atoms with E-state index in [0.717, 1.165) is 12.8 Å². The van der Waals surface area contributed by atoms with Crippen molar-refractivity contribution in [2.24, 2.45) is 17.8 Å². The van der Waals surface area contributed by atoms with Gasteiger partial charge in [-0.1, -0.05) is 20.3 Å². The average Bonchev–Trinajstić information content (AvgIpc) is 2.34. The van der Waals surface area contributed by atoms with Crippen LogP contribution < -0.4 is 0 Å². The van der Waals surface area contributed by atoms with Crippen LogP contribution >= 0.6 is 12.6 Å². The van der Waals surface area contributed by atoms with Gasteiger partial charge in [0.25, 0.3) is 0 Å². The zero-order chi connectivity index (χ0) is 15.5. The largest absolute Gasteiger partial charge is 0.444 e. The smallest absolute Gasteiger partial charge is 0.410 e. The van der Waals surface area contributed by atoms with E-state index in [1.54, 1.807) is 4.90 Å². The van der Waals surface area contributed by atoms with Gasteiger partial charge in [0, 0.05) is 19.0 Å². The Morgan fingerprint density at radius 2 is 2.00 bits per heavy atom. The number of nitrogens with zero attached hydrogens (tertiary/aromatic N) is 1. The standard InChI is InChI=1S/C15H27NO3S/c1-6-11-9-16(14(18)19-15(3,4)5)8-7-12(11)10(2)13(17)20/h10-12H,6-9H2,1-5H3,(H,17,20)/t10?,11-,12-/m0/s1. The Morgan fingerprint density at radius 3 is 2.45 bits per heavy atom. The topological polar surface area (TPSA) is 46.6 Å². The van der Waals surface area contributed by atoms with E-state index < -0.39 is 5.60 Å². The van der Waals surface area contributed by atoms with Gasteiger partial charge in [-0.15, -0.1) is 12.6 Å². The van der Waals surface area contributed by atoms with Crippen molar-refractivity contribution in [1.82, 2.24) is 4.90 Å². The number of amides is 1. The van der Waals surface area contributed by atoms with Gasteiger partial charge in [0.2, 0.25) is 0 Å². The Bertz CT molecular complexity index is 365. The summed E-state index contributed by atoms with van der Waals surface area (Å²) in [4.78, 5) is 25.3. The van der Waals surface area contributed by atoms with Crippen molar-refractivity contribution in [2.75, 3.05) is 13.1 Å². The summed E-state index contributed by atoms with van der Waals surface area (Å²) in [6.07, 6.45) is 1.54. The molecule has 0 aliphatic carbocycles. The monoisotopic (exact) mass is 301 g/mol. The summed E-state index contributed by atoms with van der Waals surface area (Å²) in [7, 11) is 0. The molecule has 3 atom stereocenters. The van der Waals surface area contributed by atoms with Gasteiger partial charge < -0.3 is 9.64 Å². The lowest BCUT2D eigenvalue weighted by molar-refractivity contribution is -0.116. The summed E-state index contributed by atoms with van der Waals surface area (Å²) in [6.45, 7) is 11.0. The Balaban J connectivity index is 2.67. The SMILES string of the molecule is CC[C@H]1CN(C(=O)OC(C)(C)C)CC[C@H]1C(C)C(=O)S. The maximum absolute atomic E-state index is 12.1. The minimum Gasteiger partial charge on any atom is -0.444 e. The molecule has 1 aliphatic rings. The summed E-state index contributed by atoms with van der Waals surface area (Å²) in [5.41, 5.74) is -0.468. The van der Waals surface area contributed by atoms with E-state index in [4.69, 9.17) is 4.74 Å². The van der Waals surface area contributed by atoms with Crippen molar-refractivity contribution in [2.45, 2.75) is 53.1 Å². The van der Waals surface area contributed by atoms with Gasteiger partial charge in [0.05, 0.1) is 0 Å². The van der Waals surface area contributed by atoms with E-state index in [2.05, 4.69) is 19.6 Å². The first-order valence-corrected chi connectivity index (χ1v) is 7.81. The molecule has 1 aliphatic heterocycles. The van der Waals surface area contributed by atoms with Crippen LogP contribution in [-0.2, 0) is 9.53 Å². The number of likely N-dealkylation sites (tertiary alicyclic amines) is 1. The van der Waals surface area contributed by atoms with Gasteiger partial charge in [-0.2, -0.15) is 0 Å². The normalized spacial score (nSPS) is 25.2. The second-order valence-corrected chi connectivity index (χ2v) is 7.11. The second-order valence-electron chi connectivity index (χ2n) is 6.67. The Labute approximate surface area is 127 Å². The molecule has 1 unspecified atom stereocenters. The third-order valence-corrected chi connectivity index (χ3v) is 4.41. The van der Waals surface area contributed by atoms with E-state index >= 15 is 0 Å². The third-order valence-electron chi connectivity index (χ3n) is 4.00. The first-order chi connectivity index (χ1) is 9.15. The molecule has 0 spiro atoms. The molecule has 1 fully saturated rings. The van der Waals surface area contributed by atoms with Crippen LogP contribution in [0.4, 0.5) is 4.79 Å². The van der Waals surface area contributed by atoms with Crippen molar-refractivity contribution in [3.8, 4) is 0 Å². The van der Waals surface area contributed by atoms with Crippen molar-refractivity contribution < 1.29 is 14.3 Å². The van der Waals surface area contributed by atoms with Crippen molar-refractivity contribution >= 4 is 23.8 Å². The highest BCUT2D eigenvalue weighted by Crippen LogP contribution is 2.33. The number of thiol groups is 1. The lowest BCUT2D eigenvalue weighted by Gasteiger charge is -2.40. The molecule has 4 nitrogen and oxygen atoms in total. The zero-order valence-electron chi connectivity index (χ0n) is 13.2. The maximum Gasteiger partial charge on any atom is 0.410 e. The molecule has 5 heteroatoms. The molecule has 0 radical (unpaired) electrons. The number of carbonyl (C=O) groups excluding carboxylic acids is 2. The van der Waals surface area contributed by atoms with Crippen LogP contribution in [0.25, 0.3) is 0 Å². The molecule has 0 aromatic carbocycles. The van der Waals surface area contributed by atoms with E-state index in [1.165, 1.54) is 0 Å². The third kappa shape index (κ3) is 4.69. The number of piperidine rings is 1. The molecular formula is C15H27NO3S. The predicted molar refractivity (Wildman–Crippen MR) is 82.9 cm³/mol. The Hall–Kier alpha value is -0.710. The molecule has 1 heterocycles. The van der Waals surface area contributed by atoms with E-state index in [-0.39, 0.29) is 17.1 Å². The number of ether oxygens (including phenoxy) is 1. The van der Waals surface area contributed by atoms with Gasteiger partial charge in [0.1, 0.15) is 5.60 Å². The zero-order valence-corrected chi connectivity index (χ0v) is 14.1. The van der Waals surface area contributed by atoms with Crippen LogP contribution in [-0.4, -0.2) is 34.8 Å². The average molecular weight is 301 g/mol. The summed E-state index contributed by atoms with van der Waals surface area (Å²) >= 11 is 3.96. The quantitative estimate of drug-likeness (QED) is 0.813. The van der Waals surface area contributed by atoms with Crippen LogP contribution in [0.15, 0.2) is 0 Å². The summed E-state index contributed by atoms with van der Waals surface area (Å²) in [6, 6.07) is 0. The number of hydrogen-bond acceptors (Lipinski definition) is 3. The van der Waals surface area contributed by atoms with Crippen LogP contribution in [0.3, 0.4) is 0 Å². The molecule has 1 rings (SSSR count). The minimum absolute atomic E-state index is 0.0518. The number of hydrogen-bond donors (Lipinski definition) is 1. The highest BCUT2D eigenvalue weighted by atomic mass is 32.1. The molecule has 0 aromatic rings. The van der Waals surface area contributed by atoms with Gasteiger partial charge in [0.15, 0.2) is 5.12 Å². The molecule has 0 N–H and O–H groups in total. The van der Waals surface area contributed by atoms with Crippen LogP contribution in [0, 0.1) is 17.8 Å². The van der Waals surface area contributed by atoms with Crippen LogP contribution in [0.5, 0.6) is 0 Å². The van der Waals surface area contributed by atoms with Gasteiger partial charge >= 0.3 is 6.09 Å². The molecule has 0 bridgehead atoms. The second kappa shape index (κ2) is 6.83. The van der Waals surface area contributed by atoms with Crippen molar-refractivity contribution in [3.05, 3.63) is 0 Å². The highest BCUT2D eigenvalue weighted by molar-refractivity contribution is 7.96. The van der Waals surface area contributed by atoms with Crippen LogP contribution in [0.1, 0.15) is 47.5 Å². The molecular weight excluding hydrogens is 274 g/mol. The first-order valence-electron chi connectivity index (χ1n) is 7.36. The predicted octanol–water partition coefficient (Wildman–Crippen LogP) is 3.36. The fourth-order valence-electron chi connectivity index (χ4n) is 2.82. The van der Waals surface area contributed by atoms with E-state index in [0.29, 0.717) is 24.9 Å². The van der Waals surface area contributed by atoms with E-state index in [9.17, 15) is 9.59 Å². The fourth-order valence-corrected chi connectivity index (χ4v) is 3.01. The number of rotatable bonds is 3. The molecule has 1 amide bonds. The van der Waals surface area contributed by atoms with Gasteiger partial charge in [-0.05, 0) is 39.0 Å². The maximum atomic E-state index is 12.1. The van der Waals surface area contributed by atoms with Crippen LogP contribution in [0.2, 0.25) is 0 Å². The van der Waals surface area contributed by atoms with Gasteiger partial charge in [-0.3, -0.25) is 4.79 Å². The molecule has 20 heavy (non-hydrogen) atoms. The van der Waals surface area contributed by atoms with Crippen molar-refractivity contribution in [3.63, 3.8) is 0 Å². The summed E-state index contributed by atoms with van der Waals surface area (Å²) in [5, 5.41) is -0.0563. The molecule has 0 aromatic heterocycles. The first kappa shape index (κ1) is 17.3. The number of carbonyl (C=O) groups is 2. The molecule has 116 valence electrons. The van der Waals surface area contributed by atoms with E-state index in [1.807, 2.05) is 27.7 Å². The molecule has 1 saturated heterocycles. The fraction of sp³-hybridized carbons (Fsp3) is 0.867. The Morgan fingerprint density at radius 1 is 1.40 bits per heavy atom. The van der Waals surface area contributed by atoms with Gasteiger partial charge in [-0.25, -0.2) is 4.79 Å². The lowest BCUT2D eigenvalue weighted by Crippen LogP contribution is -2.47. The lowest BCUT2D eigenvalue weighted by atomic mass is 9.76.